The van der Waals surface area contributed by atoms with Gasteiger partial charge in [0.15, 0.2) is 11.0 Å². The maximum absolute atomic E-state index is 13.4. The Morgan fingerprint density at radius 1 is 1.09 bits per heavy atom. The number of rotatable bonds is 7. The van der Waals surface area contributed by atoms with Crippen LogP contribution in [0.2, 0.25) is 0 Å². The number of nitro groups is 1. The van der Waals surface area contributed by atoms with Gasteiger partial charge in [0.05, 0.1) is 10.7 Å². The van der Waals surface area contributed by atoms with Gasteiger partial charge in [-0.2, -0.15) is 8.42 Å². The molecule has 0 aliphatic rings. The number of aromatic nitrogens is 2. The second-order valence-corrected chi connectivity index (χ2v) is 9.87. The molecule has 0 saturated carbocycles. The number of nitrogens with one attached hydrogen (secondary N) is 2. The average Bonchev–Trinajstić information content (AvgIpc) is 3.19. The van der Waals surface area contributed by atoms with E-state index in [1.54, 1.807) is 49.4 Å². The van der Waals surface area contributed by atoms with Crippen LogP contribution < -0.4 is 9.29 Å². The van der Waals surface area contributed by atoms with Gasteiger partial charge >= 0.3 is 15.2 Å². The second-order valence-electron chi connectivity index (χ2n) is 7.12. The van der Waals surface area contributed by atoms with Crippen molar-refractivity contribution >= 4 is 50.1 Å². The van der Waals surface area contributed by atoms with Crippen molar-refractivity contribution in [2.75, 3.05) is 11.1 Å². The monoisotopic (exact) mass is 483 g/mol. The van der Waals surface area contributed by atoms with Crippen LogP contribution in [0.4, 0.5) is 11.4 Å². The van der Waals surface area contributed by atoms with Gasteiger partial charge in [-0.3, -0.25) is 14.9 Å². The van der Waals surface area contributed by atoms with Crippen LogP contribution in [0.15, 0.2) is 82.8 Å². The van der Waals surface area contributed by atoms with Gasteiger partial charge in [0.25, 0.3) is 5.69 Å². The number of thioether (sulfide) groups is 1. The topological polar surface area (TPSA) is 126 Å². The fraction of sp³-hybridized carbons (Fsp3) is 0.0909. The Bertz CT molecular complexity index is 1470. The van der Waals surface area contributed by atoms with E-state index in [1.807, 2.05) is 0 Å². The fourth-order valence-corrected chi connectivity index (χ4v) is 5.87. The van der Waals surface area contributed by atoms with Crippen molar-refractivity contribution in [1.29, 1.82) is 0 Å². The normalized spacial score (nSPS) is 11.4. The Hall–Kier alpha value is -3.70. The Morgan fingerprint density at radius 3 is 2.48 bits per heavy atom. The number of aryl methyl sites for hydroxylation is 1. The molecule has 0 atom stereocenters. The van der Waals surface area contributed by atoms with Crippen LogP contribution in [0.1, 0.15) is 5.56 Å². The van der Waals surface area contributed by atoms with Gasteiger partial charge in [-0.05, 0) is 54.6 Å². The predicted octanol–water partition coefficient (Wildman–Crippen LogP) is 3.64. The van der Waals surface area contributed by atoms with Gasteiger partial charge in [-0.1, -0.05) is 30.3 Å². The molecule has 0 aliphatic heterocycles. The van der Waals surface area contributed by atoms with Gasteiger partial charge in [-0.15, -0.1) is 3.97 Å². The maximum Gasteiger partial charge on any atom is 0.336 e. The van der Waals surface area contributed by atoms with E-state index in [4.69, 9.17) is 0 Å². The Labute approximate surface area is 193 Å². The van der Waals surface area contributed by atoms with Crippen molar-refractivity contribution in [2.24, 2.45) is 0 Å². The lowest BCUT2D eigenvalue weighted by molar-refractivity contribution is -0.526. The Kier molecular flexibility index (Phi) is 6.16. The third-order valence-electron chi connectivity index (χ3n) is 4.87. The van der Waals surface area contributed by atoms with E-state index >= 15 is 0 Å². The van der Waals surface area contributed by atoms with Crippen LogP contribution in [-0.4, -0.2) is 30.0 Å². The number of hydrogen-bond acceptors (Lipinski definition) is 6. The number of nitro benzene ring substituents is 1. The molecular formula is C22H19N4O5S2+. The fourth-order valence-electron chi connectivity index (χ4n) is 3.28. The molecule has 1 aromatic heterocycles. The molecule has 9 nitrogen and oxygen atoms in total. The first-order chi connectivity index (χ1) is 15.8. The number of carbonyl (C=O) groups is 1. The minimum Gasteiger partial charge on any atom is -0.325 e. The summed E-state index contributed by atoms with van der Waals surface area (Å²) in [6.45, 7) is 1.66. The SMILES string of the molecule is Cc1cc([N+](=O)[O-])ccc1NC(=O)CSc1[nH]c2ccccc2[n+]1S(=O)(=O)c1ccccc1. The lowest BCUT2D eigenvalue weighted by Crippen LogP contribution is -2.44. The van der Waals surface area contributed by atoms with Crippen molar-refractivity contribution in [3.63, 3.8) is 0 Å². The van der Waals surface area contributed by atoms with E-state index in [9.17, 15) is 23.3 Å². The first kappa shape index (κ1) is 22.5. The van der Waals surface area contributed by atoms with Gasteiger partial charge in [0.1, 0.15) is 4.90 Å². The number of hydrogen-bond donors (Lipinski definition) is 2. The van der Waals surface area contributed by atoms with Crippen molar-refractivity contribution in [3.05, 3.63) is 88.5 Å². The molecule has 4 rings (SSSR count). The molecule has 1 heterocycles. The zero-order valence-electron chi connectivity index (χ0n) is 17.4. The smallest absolute Gasteiger partial charge is 0.325 e. The number of anilines is 1. The molecule has 0 spiro atoms. The molecule has 168 valence electrons. The van der Waals surface area contributed by atoms with Crippen molar-refractivity contribution in [1.82, 2.24) is 4.98 Å². The summed E-state index contributed by atoms with van der Waals surface area (Å²) >= 11 is 1.04. The number of imidazole rings is 1. The number of para-hydroxylation sites is 2. The third kappa shape index (κ3) is 4.59. The highest BCUT2D eigenvalue weighted by Gasteiger charge is 2.31. The molecule has 33 heavy (non-hydrogen) atoms. The minimum atomic E-state index is -3.91. The number of amides is 1. The number of benzene rings is 3. The van der Waals surface area contributed by atoms with Crippen LogP contribution in [-0.2, 0) is 14.8 Å². The van der Waals surface area contributed by atoms with Crippen LogP contribution in [0.3, 0.4) is 0 Å². The van der Waals surface area contributed by atoms with Gasteiger partial charge in [0.2, 0.25) is 5.91 Å². The second kappa shape index (κ2) is 9.04. The predicted molar refractivity (Wildman–Crippen MR) is 125 cm³/mol. The number of carbonyl (C=O) groups excluding carboxylic acids is 1. The Balaban J connectivity index is 1.60. The summed E-state index contributed by atoms with van der Waals surface area (Å²) in [7, 11) is -3.91. The molecule has 3 aromatic carbocycles. The zero-order chi connectivity index (χ0) is 23.6. The van der Waals surface area contributed by atoms with Crippen LogP contribution >= 0.6 is 11.8 Å². The summed E-state index contributed by atoms with van der Waals surface area (Å²) in [6.07, 6.45) is 0. The molecule has 4 aromatic rings. The minimum absolute atomic E-state index is 0.0647. The molecular weight excluding hydrogens is 464 g/mol. The first-order valence-corrected chi connectivity index (χ1v) is 12.2. The number of H-pyrrole nitrogens is 1. The highest BCUT2D eigenvalue weighted by molar-refractivity contribution is 8.00. The lowest BCUT2D eigenvalue weighted by atomic mass is 10.2. The highest BCUT2D eigenvalue weighted by atomic mass is 32.2. The number of aromatic amines is 1. The molecule has 0 radical (unpaired) electrons. The number of fused-ring (bicyclic) bond motifs is 1. The quantitative estimate of drug-likeness (QED) is 0.179. The molecule has 0 aliphatic carbocycles. The van der Waals surface area contributed by atoms with E-state index in [0.29, 0.717) is 22.3 Å². The standard InChI is InChI=1S/C22H18N4O5S2/c1-15-13-16(26(28)29)11-12-18(15)23-21(27)14-32-22-24-19-9-5-6-10-20(19)25(22)33(30,31)17-7-3-2-4-8-17/h2-13H,14H2,1H3,(H,23,27)/p+1. The van der Waals surface area contributed by atoms with E-state index < -0.39 is 14.9 Å². The first-order valence-electron chi connectivity index (χ1n) is 9.78. The lowest BCUT2D eigenvalue weighted by Gasteiger charge is -2.07. The van der Waals surface area contributed by atoms with Crippen LogP contribution in [0, 0.1) is 17.0 Å². The molecule has 0 fully saturated rings. The van der Waals surface area contributed by atoms with Crippen LogP contribution in [0.25, 0.3) is 11.0 Å². The highest BCUT2D eigenvalue weighted by Crippen LogP contribution is 2.24. The van der Waals surface area contributed by atoms with E-state index in [2.05, 4.69) is 10.3 Å². The summed E-state index contributed by atoms with van der Waals surface area (Å²) < 4.78 is 27.9. The largest absolute Gasteiger partial charge is 0.336 e. The van der Waals surface area contributed by atoms with Crippen LogP contribution in [0.5, 0.6) is 0 Å². The molecule has 2 N–H and O–H groups in total. The number of non-ortho nitro benzene ring substituents is 1. The molecule has 0 saturated heterocycles. The number of nitrogens with zero attached hydrogens (tertiary/aromatic N) is 2. The summed E-state index contributed by atoms with van der Waals surface area (Å²) in [5.74, 6) is -0.452. The van der Waals surface area contributed by atoms with Gasteiger partial charge < -0.3 is 5.32 Å². The Morgan fingerprint density at radius 2 is 1.79 bits per heavy atom. The third-order valence-corrected chi connectivity index (χ3v) is 7.67. The van der Waals surface area contributed by atoms with Gasteiger partial charge in [0, 0.05) is 17.8 Å². The summed E-state index contributed by atoms with van der Waals surface area (Å²) in [5.41, 5.74) is 2.02. The average molecular weight is 484 g/mol. The molecule has 11 heteroatoms. The molecule has 1 amide bonds. The van der Waals surface area contributed by atoms with E-state index in [-0.39, 0.29) is 27.4 Å². The summed E-state index contributed by atoms with van der Waals surface area (Å²) in [6, 6.07) is 19.2. The van der Waals surface area contributed by atoms with Crippen molar-refractivity contribution in [2.45, 2.75) is 17.0 Å². The van der Waals surface area contributed by atoms with Gasteiger partial charge in [-0.25, -0.2) is 4.98 Å². The zero-order valence-corrected chi connectivity index (χ0v) is 19.0. The summed E-state index contributed by atoms with van der Waals surface area (Å²) in [4.78, 5) is 26.2. The molecule has 0 bridgehead atoms. The van der Waals surface area contributed by atoms with E-state index in [0.717, 1.165) is 11.8 Å². The maximum atomic E-state index is 13.4. The van der Waals surface area contributed by atoms with Crippen molar-refractivity contribution < 1.29 is 22.1 Å². The summed E-state index contributed by atoms with van der Waals surface area (Å²) in [5, 5.41) is 13.9. The molecule has 0 unspecified atom stereocenters. The van der Waals surface area contributed by atoms with E-state index in [1.165, 1.54) is 34.3 Å². The van der Waals surface area contributed by atoms with Crippen molar-refractivity contribution in [3.8, 4) is 0 Å².